The summed E-state index contributed by atoms with van der Waals surface area (Å²) in [4.78, 5) is 8.05. The molecule has 0 aliphatic heterocycles. The van der Waals surface area contributed by atoms with Gasteiger partial charge in [-0.2, -0.15) is 0 Å². The van der Waals surface area contributed by atoms with Gasteiger partial charge >= 0.3 is 0 Å². The Morgan fingerprint density at radius 1 is 1.14 bits per heavy atom. The molecule has 3 rings (SSSR count). The molecule has 0 amide bonds. The molecule has 0 fully saturated rings. The maximum absolute atomic E-state index is 13.4. The Kier molecular flexibility index (Phi) is 3.50. The summed E-state index contributed by atoms with van der Waals surface area (Å²) in [6, 6.07) is 2.20. The van der Waals surface area contributed by atoms with E-state index in [1.165, 1.54) is 18.1 Å². The summed E-state index contributed by atoms with van der Waals surface area (Å²) < 4.78 is 28.3. The predicted molar refractivity (Wildman–Crippen MR) is 71.8 cm³/mol. The van der Waals surface area contributed by atoms with Crippen LogP contribution in [-0.4, -0.2) is 30.2 Å². The van der Waals surface area contributed by atoms with E-state index in [0.29, 0.717) is 21.1 Å². The molecule has 0 saturated heterocycles. The van der Waals surface area contributed by atoms with Crippen molar-refractivity contribution in [3.05, 3.63) is 30.1 Å². The maximum Gasteiger partial charge on any atom is 0.215 e. The minimum Gasteiger partial charge on any atom is -0.236 e. The van der Waals surface area contributed by atoms with Crippen molar-refractivity contribution in [3.63, 3.8) is 0 Å². The third-order valence-corrected chi connectivity index (χ3v) is 3.75. The van der Waals surface area contributed by atoms with E-state index in [2.05, 4.69) is 25.5 Å². The highest BCUT2D eigenvalue weighted by Gasteiger charge is 2.15. The summed E-state index contributed by atoms with van der Waals surface area (Å²) in [5.74, 6) is -1.88. The van der Waals surface area contributed by atoms with Gasteiger partial charge in [0.25, 0.3) is 0 Å². The molecule has 2 aromatic heterocycles. The molecular weight excluding hydrogens is 298 g/mol. The summed E-state index contributed by atoms with van der Waals surface area (Å²) in [7, 11) is 0. The van der Waals surface area contributed by atoms with Gasteiger partial charge in [-0.05, 0) is 42.1 Å². The van der Waals surface area contributed by atoms with Gasteiger partial charge in [-0.1, -0.05) is 0 Å². The molecular formula is C12H10F2N6S. The van der Waals surface area contributed by atoms with Crippen LogP contribution in [0.3, 0.4) is 0 Å². The molecule has 2 heterocycles. The first-order valence-corrected chi connectivity index (χ1v) is 6.93. The molecule has 0 atom stereocenters. The second-order valence-electron chi connectivity index (χ2n) is 4.56. The zero-order chi connectivity index (χ0) is 15.0. The molecule has 0 radical (unpaired) electrons. The van der Waals surface area contributed by atoms with E-state index in [4.69, 9.17) is 0 Å². The molecule has 9 heteroatoms. The Hall–Kier alpha value is -2.16. The second kappa shape index (κ2) is 5.32. The monoisotopic (exact) mass is 308 g/mol. The summed E-state index contributed by atoms with van der Waals surface area (Å²) in [5.41, 5.74) is 0.329. The fraction of sp³-hybridized carbons (Fsp3) is 0.250. The normalized spacial score (nSPS) is 11.5. The summed E-state index contributed by atoms with van der Waals surface area (Å²) in [6.07, 6.45) is 1.30. The summed E-state index contributed by atoms with van der Waals surface area (Å²) in [6.45, 7) is 3.88. The highest BCUT2D eigenvalue weighted by molar-refractivity contribution is 7.99. The predicted octanol–water partition coefficient (Wildman–Crippen LogP) is 2.63. The number of fused-ring (bicyclic) bond motifs is 1. The van der Waals surface area contributed by atoms with Crippen LogP contribution in [0, 0.1) is 11.6 Å². The average molecular weight is 308 g/mol. The zero-order valence-electron chi connectivity index (χ0n) is 11.2. The largest absolute Gasteiger partial charge is 0.236 e. The van der Waals surface area contributed by atoms with Crippen LogP contribution < -0.4 is 0 Å². The van der Waals surface area contributed by atoms with Crippen molar-refractivity contribution >= 4 is 22.7 Å². The minimum absolute atomic E-state index is 0.0739. The average Bonchev–Trinajstić information content (AvgIpc) is 2.89. The van der Waals surface area contributed by atoms with Crippen molar-refractivity contribution in [1.29, 1.82) is 0 Å². The molecule has 0 unspecified atom stereocenters. The van der Waals surface area contributed by atoms with Crippen LogP contribution in [0.4, 0.5) is 8.78 Å². The standard InChI is InChI=1S/C12H10F2N6S/c1-6(2)20-12(17-18-19-20)21-11-7-3-8(13)9(14)4-10(7)15-5-16-11/h3-6H,1-2H3. The fourth-order valence-corrected chi connectivity index (χ4v) is 2.74. The SMILES string of the molecule is CC(C)n1nnnc1Sc1ncnc2cc(F)c(F)cc12. The fourth-order valence-electron chi connectivity index (χ4n) is 1.77. The number of nitrogens with zero attached hydrogens (tertiary/aromatic N) is 6. The number of hydrogen-bond donors (Lipinski definition) is 0. The Morgan fingerprint density at radius 2 is 1.90 bits per heavy atom. The van der Waals surface area contributed by atoms with Crippen molar-refractivity contribution in [3.8, 4) is 0 Å². The van der Waals surface area contributed by atoms with E-state index in [1.807, 2.05) is 13.8 Å². The van der Waals surface area contributed by atoms with Crippen molar-refractivity contribution in [2.24, 2.45) is 0 Å². The van der Waals surface area contributed by atoms with E-state index in [1.54, 1.807) is 4.68 Å². The Balaban J connectivity index is 2.08. The lowest BCUT2D eigenvalue weighted by molar-refractivity contribution is 0.477. The molecule has 0 bridgehead atoms. The van der Waals surface area contributed by atoms with Gasteiger partial charge in [-0.15, -0.1) is 5.10 Å². The van der Waals surface area contributed by atoms with Crippen LogP contribution in [0.1, 0.15) is 19.9 Å². The van der Waals surface area contributed by atoms with Gasteiger partial charge in [-0.25, -0.2) is 23.4 Å². The van der Waals surface area contributed by atoms with E-state index < -0.39 is 11.6 Å². The Labute approximate surface area is 122 Å². The number of aromatic nitrogens is 6. The molecule has 0 saturated carbocycles. The van der Waals surface area contributed by atoms with Crippen LogP contribution in [-0.2, 0) is 0 Å². The first-order chi connectivity index (χ1) is 10.1. The number of benzene rings is 1. The van der Waals surface area contributed by atoms with Crippen LogP contribution in [0.2, 0.25) is 0 Å². The molecule has 0 N–H and O–H groups in total. The van der Waals surface area contributed by atoms with E-state index in [9.17, 15) is 8.78 Å². The van der Waals surface area contributed by atoms with Gasteiger partial charge in [0.1, 0.15) is 11.4 Å². The van der Waals surface area contributed by atoms with Gasteiger partial charge in [0.05, 0.1) is 11.6 Å². The smallest absolute Gasteiger partial charge is 0.215 e. The van der Waals surface area contributed by atoms with E-state index in [-0.39, 0.29) is 6.04 Å². The molecule has 0 aliphatic rings. The second-order valence-corrected chi connectivity index (χ2v) is 5.52. The topological polar surface area (TPSA) is 69.4 Å². The van der Waals surface area contributed by atoms with E-state index in [0.717, 1.165) is 12.1 Å². The third-order valence-electron chi connectivity index (χ3n) is 2.78. The van der Waals surface area contributed by atoms with Crippen LogP contribution in [0.5, 0.6) is 0 Å². The number of tetrazole rings is 1. The molecule has 0 spiro atoms. The first kappa shape index (κ1) is 13.8. The maximum atomic E-state index is 13.4. The molecule has 108 valence electrons. The highest BCUT2D eigenvalue weighted by atomic mass is 32.2. The Morgan fingerprint density at radius 3 is 2.67 bits per heavy atom. The van der Waals surface area contributed by atoms with E-state index >= 15 is 0 Å². The Bertz CT molecular complexity index is 804. The van der Waals surface area contributed by atoms with Gasteiger partial charge < -0.3 is 0 Å². The summed E-state index contributed by atoms with van der Waals surface area (Å²) >= 11 is 1.18. The molecule has 6 nitrogen and oxygen atoms in total. The van der Waals surface area contributed by atoms with Crippen LogP contribution >= 0.6 is 11.8 Å². The van der Waals surface area contributed by atoms with Crippen molar-refractivity contribution in [2.45, 2.75) is 30.1 Å². The van der Waals surface area contributed by atoms with Gasteiger partial charge in [0.2, 0.25) is 5.16 Å². The number of rotatable bonds is 3. The zero-order valence-corrected chi connectivity index (χ0v) is 12.0. The lowest BCUT2D eigenvalue weighted by Crippen LogP contribution is -2.04. The molecule has 21 heavy (non-hydrogen) atoms. The molecule has 0 aliphatic carbocycles. The van der Waals surface area contributed by atoms with Crippen LogP contribution in [0.25, 0.3) is 10.9 Å². The van der Waals surface area contributed by atoms with Crippen molar-refractivity contribution < 1.29 is 8.78 Å². The molecule has 3 aromatic rings. The number of halogens is 2. The van der Waals surface area contributed by atoms with Crippen LogP contribution in [0.15, 0.2) is 28.6 Å². The van der Waals surface area contributed by atoms with Gasteiger partial charge in [-0.3, -0.25) is 0 Å². The quantitative estimate of drug-likeness (QED) is 0.693. The lowest BCUT2D eigenvalue weighted by atomic mass is 10.2. The third kappa shape index (κ3) is 2.56. The molecule has 1 aromatic carbocycles. The van der Waals surface area contributed by atoms with Crippen molar-refractivity contribution in [1.82, 2.24) is 30.2 Å². The summed E-state index contributed by atoms with van der Waals surface area (Å²) in [5, 5.41) is 12.8. The van der Waals surface area contributed by atoms with Gasteiger partial charge in [0.15, 0.2) is 11.6 Å². The van der Waals surface area contributed by atoms with Gasteiger partial charge in [0, 0.05) is 11.5 Å². The minimum atomic E-state index is -0.942. The highest BCUT2D eigenvalue weighted by Crippen LogP contribution is 2.31. The first-order valence-electron chi connectivity index (χ1n) is 6.11. The number of hydrogen-bond acceptors (Lipinski definition) is 6. The van der Waals surface area contributed by atoms with Crippen molar-refractivity contribution in [2.75, 3.05) is 0 Å². The lowest BCUT2D eigenvalue weighted by Gasteiger charge is -2.08.